The number of aromatic nitrogens is 2. The molecule has 0 aliphatic heterocycles. The Hall–Kier alpha value is -6.46. The number of hydrogen-bond acceptors (Lipinski definition) is 4. The number of halogens is 14. The van der Waals surface area contributed by atoms with Crippen molar-refractivity contribution >= 4 is 5.57 Å². The van der Waals surface area contributed by atoms with E-state index < -0.39 is 93.0 Å². The highest BCUT2D eigenvalue weighted by atomic mass is 19.3. The molecule has 382 valence electrons. The van der Waals surface area contributed by atoms with Crippen LogP contribution in [-0.4, -0.2) is 9.97 Å². The first-order chi connectivity index (χ1) is 34.2. The van der Waals surface area contributed by atoms with Gasteiger partial charge in [0.15, 0.2) is 34.9 Å². The number of ether oxygens (including phenoxy) is 2. The Morgan fingerprint density at radius 1 is 0.486 bits per heavy atom. The Labute approximate surface area is 405 Å². The van der Waals surface area contributed by atoms with Crippen LogP contribution >= 0.6 is 0 Å². The van der Waals surface area contributed by atoms with Gasteiger partial charge in [-0.3, -0.25) is 9.97 Å². The molecule has 2 heterocycles. The van der Waals surface area contributed by atoms with Gasteiger partial charge in [-0.05, 0) is 116 Å². The number of benzene rings is 4. The van der Waals surface area contributed by atoms with Crippen LogP contribution in [0.5, 0.6) is 11.5 Å². The predicted molar refractivity (Wildman–Crippen MR) is 241 cm³/mol. The minimum Gasteiger partial charge on any atom is -0.429 e. The lowest BCUT2D eigenvalue weighted by atomic mass is 9.77. The first-order valence-corrected chi connectivity index (χ1v) is 23.2. The van der Waals surface area contributed by atoms with Gasteiger partial charge in [-0.15, -0.1) is 0 Å². The zero-order chi connectivity index (χ0) is 52.1. The van der Waals surface area contributed by atoms with Gasteiger partial charge in [0.1, 0.15) is 45.9 Å². The zero-order valence-corrected chi connectivity index (χ0v) is 38.7. The number of alkyl halides is 4. The molecule has 1 atom stereocenters. The van der Waals surface area contributed by atoms with Crippen LogP contribution in [0.4, 0.5) is 61.5 Å². The van der Waals surface area contributed by atoms with Gasteiger partial charge >= 0.3 is 12.2 Å². The van der Waals surface area contributed by atoms with E-state index in [1.54, 1.807) is 30.6 Å². The molecule has 0 saturated heterocycles. The van der Waals surface area contributed by atoms with Crippen molar-refractivity contribution in [1.29, 1.82) is 0 Å². The van der Waals surface area contributed by atoms with E-state index in [0.29, 0.717) is 36.1 Å². The second-order valence-corrected chi connectivity index (χ2v) is 17.8. The summed E-state index contributed by atoms with van der Waals surface area (Å²) in [5.74, 6) is -18.1. The van der Waals surface area contributed by atoms with Crippen molar-refractivity contribution in [3.8, 4) is 34.0 Å². The fourth-order valence-electron chi connectivity index (χ4n) is 9.16. The molecule has 8 rings (SSSR count). The van der Waals surface area contributed by atoms with E-state index >= 15 is 0 Å². The maximum atomic E-state index is 14.7. The number of allylic oxidation sites excluding steroid dienone is 2. The molecule has 0 spiro atoms. The highest BCUT2D eigenvalue weighted by Crippen LogP contribution is 2.41. The molecule has 2 aromatic heterocycles. The SMILES string of the molecule is CCCC1CC=C(c2ccc(-c3cc(F)c(C(F)(F)Oc4cc(F)c(F)c(F)c4)c(F)c3)nc2)CC1.CCCC1CCC(c2ccc(-c3cc(F)c(C(F)(F)Oc4cc(F)c(F)c(F)c4)c(F)c3)nc2)CC1. The maximum absolute atomic E-state index is 14.7. The third-order valence-corrected chi connectivity index (χ3v) is 12.8. The highest BCUT2D eigenvalue weighted by Gasteiger charge is 2.43. The molecule has 18 heteroatoms. The van der Waals surface area contributed by atoms with Crippen molar-refractivity contribution in [3.05, 3.63) is 172 Å². The van der Waals surface area contributed by atoms with Gasteiger partial charge in [-0.1, -0.05) is 57.7 Å². The summed E-state index contributed by atoms with van der Waals surface area (Å²) in [6.45, 7) is 4.33. The van der Waals surface area contributed by atoms with E-state index in [2.05, 4.69) is 39.4 Å². The van der Waals surface area contributed by atoms with Crippen molar-refractivity contribution in [3.63, 3.8) is 0 Å². The molecular formula is C54H46F14N2O2. The summed E-state index contributed by atoms with van der Waals surface area (Å²) >= 11 is 0. The third kappa shape index (κ3) is 12.4. The normalized spacial score (nSPS) is 17.2. The van der Waals surface area contributed by atoms with Crippen LogP contribution in [-0.2, 0) is 12.2 Å². The van der Waals surface area contributed by atoms with E-state index in [0.717, 1.165) is 74.0 Å². The van der Waals surface area contributed by atoms with Crippen LogP contribution < -0.4 is 9.47 Å². The van der Waals surface area contributed by atoms with Gasteiger partial charge < -0.3 is 9.47 Å². The predicted octanol–water partition coefficient (Wildman–Crippen LogP) is 17.2. The zero-order valence-electron chi connectivity index (χ0n) is 38.7. The standard InChI is InChI=1S/C27H24F7NO.C27H22F7NO/c2*1-2-3-15-4-6-16(7-5-15)17-8-9-24(35-14-17)18-10-20(28)25(21(29)11-18)27(33,34)36-19-12-22(30)26(32)23(31)13-19/h8-16H,2-7H2,1H3;6,8-15H,2-5,7H2,1H3. The summed E-state index contributed by atoms with van der Waals surface area (Å²) in [6, 6.07) is 9.99. The topological polar surface area (TPSA) is 44.2 Å². The number of nitrogens with zero attached hydrogens (tertiary/aromatic N) is 2. The van der Waals surface area contributed by atoms with Crippen molar-refractivity contribution < 1.29 is 70.9 Å². The molecular weight excluding hydrogens is 975 g/mol. The van der Waals surface area contributed by atoms with Crippen molar-refractivity contribution in [1.82, 2.24) is 9.97 Å². The highest BCUT2D eigenvalue weighted by molar-refractivity contribution is 5.68. The maximum Gasteiger partial charge on any atom is 0.432 e. The molecule has 2 aliphatic rings. The lowest BCUT2D eigenvalue weighted by Crippen LogP contribution is -2.25. The lowest BCUT2D eigenvalue weighted by molar-refractivity contribution is -0.190. The minimum atomic E-state index is -4.65. The summed E-state index contributed by atoms with van der Waals surface area (Å²) in [7, 11) is 0. The molecule has 6 aromatic rings. The van der Waals surface area contributed by atoms with E-state index in [9.17, 15) is 61.5 Å². The van der Waals surface area contributed by atoms with Gasteiger partial charge in [0.2, 0.25) is 0 Å². The molecule has 0 N–H and O–H groups in total. The van der Waals surface area contributed by atoms with Crippen LogP contribution in [0.15, 0.2) is 91.3 Å². The fraction of sp³-hybridized carbons (Fsp3) is 0.333. The van der Waals surface area contributed by atoms with Crippen LogP contribution in [0.2, 0.25) is 0 Å². The summed E-state index contributed by atoms with van der Waals surface area (Å²) < 4.78 is 204. The summed E-state index contributed by atoms with van der Waals surface area (Å²) in [5, 5.41) is 0. The van der Waals surface area contributed by atoms with Crippen LogP contribution in [0.3, 0.4) is 0 Å². The largest absolute Gasteiger partial charge is 0.432 e. The Bertz CT molecular complexity index is 2810. The summed E-state index contributed by atoms with van der Waals surface area (Å²) in [4.78, 5) is 8.52. The van der Waals surface area contributed by atoms with Crippen LogP contribution in [0.1, 0.15) is 113 Å². The number of pyridine rings is 2. The van der Waals surface area contributed by atoms with Crippen LogP contribution in [0.25, 0.3) is 28.1 Å². The summed E-state index contributed by atoms with van der Waals surface area (Å²) in [5.41, 5.74) is -0.282. The minimum absolute atomic E-state index is 0.0679. The quantitative estimate of drug-likeness (QED) is 0.0806. The lowest BCUT2D eigenvalue weighted by Gasteiger charge is -2.28. The van der Waals surface area contributed by atoms with E-state index in [1.165, 1.54) is 19.3 Å². The Morgan fingerprint density at radius 2 is 0.917 bits per heavy atom. The second-order valence-electron chi connectivity index (χ2n) is 17.8. The molecule has 1 saturated carbocycles. The van der Waals surface area contributed by atoms with Crippen molar-refractivity contribution in [2.24, 2.45) is 11.8 Å². The average molecular weight is 1020 g/mol. The fourth-order valence-corrected chi connectivity index (χ4v) is 9.16. The Morgan fingerprint density at radius 3 is 1.29 bits per heavy atom. The van der Waals surface area contributed by atoms with Crippen LogP contribution in [0, 0.1) is 70.0 Å². The molecule has 4 aromatic carbocycles. The molecule has 0 bridgehead atoms. The van der Waals surface area contributed by atoms with E-state index in [-0.39, 0.29) is 46.8 Å². The smallest absolute Gasteiger partial charge is 0.429 e. The van der Waals surface area contributed by atoms with E-state index in [1.807, 2.05) is 6.07 Å². The molecule has 1 fully saturated rings. The molecule has 1 unspecified atom stereocenters. The number of rotatable bonds is 14. The molecule has 2 aliphatic carbocycles. The number of hydrogen-bond donors (Lipinski definition) is 0. The van der Waals surface area contributed by atoms with Crippen molar-refractivity contribution in [2.45, 2.75) is 103 Å². The third-order valence-electron chi connectivity index (χ3n) is 12.8. The Kier molecular flexibility index (Phi) is 16.7. The summed E-state index contributed by atoms with van der Waals surface area (Å²) in [6.07, 6.45) is 8.13. The van der Waals surface area contributed by atoms with Gasteiger partial charge in [0.05, 0.1) is 11.4 Å². The van der Waals surface area contributed by atoms with Crippen molar-refractivity contribution in [2.75, 3.05) is 0 Å². The van der Waals surface area contributed by atoms with E-state index in [4.69, 9.17) is 0 Å². The van der Waals surface area contributed by atoms with Gasteiger partial charge in [0, 0.05) is 47.8 Å². The monoisotopic (exact) mass is 1020 g/mol. The first-order valence-electron chi connectivity index (χ1n) is 23.2. The average Bonchev–Trinajstić information content (AvgIpc) is 3.32. The van der Waals surface area contributed by atoms with Gasteiger partial charge in [-0.2, -0.15) is 17.6 Å². The molecule has 4 nitrogen and oxygen atoms in total. The molecule has 72 heavy (non-hydrogen) atoms. The van der Waals surface area contributed by atoms with Gasteiger partial charge in [-0.25, -0.2) is 43.9 Å². The molecule has 0 radical (unpaired) electrons. The first kappa shape index (κ1) is 53.3. The molecule has 0 amide bonds. The Balaban J connectivity index is 0.000000211. The second kappa shape index (κ2) is 22.5. The van der Waals surface area contributed by atoms with Gasteiger partial charge in [0.25, 0.3) is 0 Å².